The van der Waals surface area contributed by atoms with E-state index in [-0.39, 0.29) is 31.5 Å². The van der Waals surface area contributed by atoms with Gasteiger partial charge in [0, 0.05) is 41.5 Å². The lowest BCUT2D eigenvalue weighted by Crippen LogP contribution is -2.50. The van der Waals surface area contributed by atoms with Crippen molar-refractivity contribution < 1.29 is 22.7 Å². The van der Waals surface area contributed by atoms with Crippen LogP contribution in [0.5, 0.6) is 0 Å². The summed E-state index contributed by atoms with van der Waals surface area (Å²) in [7, 11) is -3.68. The number of piperidine rings is 1. The predicted octanol–water partition coefficient (Wildman–Crippen LogP) is 3.45. The molecule has 0 bridgehead atoms. The average Bonchev–Trinajstić information content (AvgIpc) is 3.45. The third-order valence-electron chi connectivity index (χ3n) is 7.77. The van der Waals surface area contributed by atoms with E-state index < -0.39 is 15.6 Å². The van der Waals surface area contributed by atoms with Gasteiger partial charge in [-0.2, -0.15) is 4.31 Å². The Kier molecular flexibility index (Phi) is 7.22. The molecule has 37 heavy (non-hydrogen) atoms. The summed E-state index contributed by atoms with van der Waals surface area (Å²) in [6.45, 7) is 2.68. The van der Waals surface area contributed by atoms with Crippen molar-refractivity contribution in [3.8, 4) is 0 Å². The van der Waals surface area contributed by atoms with E-state index in [1.807, 2.05) is 24.3 Å². The molecule has 1 aliphatic carbocycles. The molecule has 3 heterocycles. The van der Waals surface area contributed by atoms with Gasteiger partial charge in [-0.15, -0.1) is 0 Å². The molecule has 5 rings (SSSR count). The number of rotatable bonds is 7. The van der Waals surface area contributed by atoms with Crippen LogP contribution in [0.1, 0.15) is 57.4 Å². The van der Waals surface area contributed by atoms with Gasteiger partial charge in [-0.25, -0.2) is 8.42 Å². The highest BCUT2D eigenvalue weighted by molar-refractivity contribution is 7.92. The molecule has 2 aliphatic heterocycles. The van der Waals surface area contributed by atoms with Crippen molar-refractivity contribution in [2.45, 2.75) is 64.0 Å². The van der Waals surface area contributed by atoms with Crippen LogP contribution in [-0.2, 0) is 30.9 Å². The molecule has 2 fully saturated rings. The molecule has 1 aromatic carbocycles. The van der Waals surface area contributed by atoms with Gasteiger partial charge in [-0.1, -0.05) is 31.4 Å². The van der Waals surface area contributed by atoms with Crippen LogP contribution in [0.25, 0.3) is 17.0 Å². The number of nitrogens with zero attached hydrogens (tertiary/aromatic N) is 3. The first-order valence-electron chi connectivity index (χ1n) is 13.1. The molecule has 1 spiro atoms. The minimum Gasteiger partial charge on any atom is -0.465 e. The normalized spacial score (nSPS) is 21.0. The zero-order valence-electron chi connectivity index (χ0n) is 21.2. The van der Waals surface area contributed by atoms with Crippen LogP contribution < -0.4 is 5.32 Å². The number of aliphatic imine (C=N–C) groups is 1. The highest BCUT2D eigenvalue weighted by Gasteiger charge is 2.48. The standard InChI is InChI=1S/C27H34N4O5S/c1-2-36-24(32)19-30-15-11-22-20(9-6-10-23(22)30)12-18-37(34,35)31-16-13-27(14-17-31)26(33)28-25(29-27)21-7-4-3-5-8-21/h6,9-12,15,18,21H,2-5,7-8,13-14,16-17,19H2,1H3,(H,28,29,33)/b18-12+. The highest BCUT2D eigenvalue weighted by Crippen LogP contribution is 2.35. The zero-order valence-corrected chi connectivity index (χ0v) is 22.0. The van der Waals surface area contributed by atoms with Crippen molar-refractivity contribution in [1.82, 2.24) is 14.2 Å². The van der Waals surface area contributed by atoms with Crippen LogP contribution in [0.3, 0.4) is 0 Å². The van der Waals surface area contributed by atoms with Crippen molar-refractivity contribution in [2.24, 2.45) is 10.9 Å². The summed E-state index contributed by atoms with van der Waals surface area (Å²) in [6.07, 6.45) is 9.83. The van der Waals surface area contributed by atoms with Crippen molar-refractivity contribution >= 4 is 44.7 Å². The SMILES string of the molecule is CCOC(=O)Cn1ccc2c(/C=C/S(=O)(=O)N3CCC4(CC3)N=C(C3CCCCC3)NC4=O)cccc21. The number of esters is 1. The minimum absolute atomic E-state index is 0.0836. The lowest BCUT2D eigenvalue weighted by atomic mass is 9.88. The number of nitrogens with one attached hydrogen (secondary N) is 1. The molecule has 1 amide bonds. The molecule has 0 radical (unpaired) electrons. The number of hydrogen-bond donors (Lipinski definition) is 1. The Morgan fingerprint density at radius 1 is 1.19 bits per heavy atom. The second-order valence-corrected chi connectivity index (χ2v) is 11.9. The first kappa shape index (κ1) is 25.7. The van der Waals surface area contributed by atoms with Crippen molar-refractivity contribution in [3.63, 3.8) is 0 Å². The molecular weight excluding hydrogens is 492 g/mol. The van der Waals surface area contributed by atoms with Crippen LogP contribution in [0, 0.1) is 5.92 Å². The number of amidine groups is 1. The van der Waals surface area contributed by atoms with E-state index in [1.165, 1.54) is 16.1 Å². The van der Waals surface area contributed by atoms with Crippen LogP contribution in [0.15, 0.2) is 40.9 Å². The average molecular weight is 527 g/mol. The predicted molar refractivity (Wildman–Crippen MR) is 142 cm³/mol. The number of carbonyl (C=O) groups excluding carboxylic acids is 2. The Hall–Kier alpha value is -2.98. The molecule has 0 atom stereocenters. The molecule has 1 aromatic heterocycles. The third kappa shape index (κ3) is 5.22. The summed E-state index contributed by atoms with van der Waals surface area (Å²) in [5.74, 6) is 0.720. The van der Waals surface area contributed by atoms with Crippen LogP contribution in [0.2, 0.25) is 0 Å². The Morgan fingerprint density at radius 2 is 1.95 bits per heavy atom. The van der Waals surface area contributed by atoms with Crippen LogP contribution >= 0.6 is 0 Å². The van der Waals surface area contributed by atoms with Gasteiger partial charge in [0.05, 0.1) is 6.61 Å². The van der Waals surface area contributed by atoms with E-state index in [4.69, 9.17) is 9.73 Å². The number of sulfonamides is 1. The molecule has 1 N–H and O–H groups in total. The fourth-order valence-electron chi connectivity index (χ4n) is 5.68. The molecular formula is C27H34N4O5S. The van der Waals surface area contributed by atoms with Gasteiger partial charge in [0.25, 0.3) is 5.91 Å². The zero-order chi connectivity index (χ0) is 26.0. The number of hydrogen-bond acceptors (Lipinski definition) is 6. The maximum absolute atomic E-state index is 13.2. The fourth-order valence-corrected chi connectivity index (χ4v) is 6.86. The van der Waals surface area contributed by atoms with Crippen LogP contribution in [-0.4, -0.2) is 60.2 Å². The summed E-state index contributed by atoms with van der Waals surface area (Å²) < 4.78 is 34.6. The Labute approximate surface area is 217 Å². The largest absolute Gasteiger partial charge is 0.465 e. The smallest absolute Gasteiger partial charge is 0.325 e. The number of amides is 1. The van der Waals surface area contributed by atoms with E-state index in [0.29, 0.717) is 25.4 Å². The van der Waals surface area contributed by atoms with E-state index in [1.54, 1.807) is 23.8 Å². The summed E-state index contributed by atoms with van der Waals surface area (Å²) in [5.41, 5.74) is 0.733. The van der Waals surface area contributed by atoms with Gasteiger partial charge < -0.3 is 14.6 Å². The topological polar surface area (TPSA) is 110 Å². The Bertz CT molecular complexity index is 1350. The summed E-state index contributed by atoms with van der Waals surface area (Å²) >= 11 is 0. The summed E-state index contributed by atoms with van der Waals surface area (Å²) in [6, 6.07) is 7.44. The second-order valence-electron chi connectivity index (χ2n) is 10.1. The first-order valence-corrected chi connectivity index (χ1v) is 14.6. The molecule has 3 aliphatic rings. The number of benzene rings is 1. The third-order valence-corrected chi connectivity index (χ3v) is 9.34. The van der Waals surface area contributed by atoms with E-state index in [9.17, 15) is 18.0 Å². The molecule has 1 saturated carbocycles. The van der Waals surface area contributed by atoms with E-state index in [0.717, 1.165) is 48.0 Å². The second kappa shape index (κ2) is 10.4. The summed E-state index contributed by atoms with van der Waals surface area (Å²) in [4.78, 5) is 29.6. The molecule has 10 heteroatoms. The quantitative estimate of drug-likeness (QED) is 0.556. The molecule has 9 nitrogen and oxygen atoms in total. The fraction of sp³-hybridized carbons (Fsp3) is 0.519. The molecule has 1 saturated heterocycles. The molecule has 0 unspecified atom stereocenters. The van der Waals surface area contributed by atoms with Gasteiger partial charge in [0.1, 0.15) is 17.9 Å². The number of carbonyl (C=O) groups is 2. The summed E-state index contributed by atoms with van der Waals surface area (Å²) in [5, 5.41) is 5.10. The first-order chi connectivity index (χ1) is 17.8. The van der Waals surface area contributed by atoms with Gasteiger partial charge >= 0.3 is 5.97 Å². The van der Waals surface area contributed by atoms with Crippen molar-refractivity contribution in [2.75, 3.05) is 19.7 Å². The van der Waals surface area contributed by atoms with Gasteiger partial charge in [0.2, 0.25) is 10.0 Å². The number of fused-ring (bicyclic) bond motifs is 1. The molecule has 198 valence electrons. The Balaban J connectivity index is 1.27. The maximum atomic E-state index is 13.2. The lowest BCUT2D eigenvalue weighted by molar-refractivity contribution is -0.143. The van der Waals surface area contributed by atoms with Crippen LogP contribution in [0.4, 0.5) is 0 Å². The van der Waals surface area contributed by atoms with Gasteiger partial charge in [-0.3, -0.25) is 14.6 Å². The van der Waals surface area contributed by atoms with Crippen molar-refractivity contribution in [1.29, 1.82) is 0 Å². The number of aromatic nitrogens is 1. The van der Waals surface area contributed by atoms with E-state index in [2.05, 4.69) is 5.32 Å². The lowest BCUT2D eigenvalue weighted by Gasteiger charge is -2.34. The monoisotopic (exact) mass is 526 g/mol. The maximum Gasteiger partial charge on any atom is 0.325 e. The van der Waals surface area contributed by atoms with Gasteiger partial charge in [-0.05, 0) is 56.4 Å². The van der Waals surface area contributed by atoms with Gasteiger partial charge in [0.15, 0.2) is 0 Å². The molecule has 2 aromatic rings. The minimum atomic E-state index is -3.68. The Morgan fingerprint density at radius 3 is 2.68 bits per heavy atom. The van der Waals surface area contributed by atoms with Crippen molar-refractivity contribution in [3.05, 3.63) is 41.4 Å². The van der Waals surface area contributed by atoms with E-state index >= 15 is 0 Å². The number of ether oxygens (including phenoxy) is 1. The highest BCUT2D eigenvalue weighted by atomic mass is 32.2.